The van der Waals surface area contributed by atoms with E-state index in [1.807, 2.05) is 0 Å². The summed E-state index contributed by atoms with van der Waals surface area (Å²) in [6.45, 7) is 0. The molecule has 0 aromatic carbocycles. The molecule has 0 fully saturated rings. The van der Waals surface area contributed by atoms with Crippen molar-refractivity contribution >= 4 is 0 Å². The van der Waals surface area contributed by atoms with E-state index in [4.69, 9.17) is 61.3 Å². The first-order valence-electron chi connectivity index (χ1n) is 3.71. The molecule has 0 atom stereocenters. The van der Waals surface area contributed by atoms with Crippen molar-refractivity contribution in [2.45, 2.75) is 0 Å². The van der Waals surface area contributed by atoms with Gasteiger partial charge in [-0.05, 0) is 0 Å². The number of nitro groups is 3. The summed E-state index contributed by atoms with van der Waals surface area (Å²) in [4.78, 5) is 61.7. The molecule has 0 aromatic rings. The van der Waals surface area contributed by atoms with Crippen LogP contribution in [0.1, 0.15) is 0 Å². The molecule has 0 saturated carbocycles. The van der Waals surface area contributed by atoms with E-state index in [9.17, 15) is 30.3 Å². The third-order valence-electron chi connectivity index (χ3n) is 0.310. The van der Waals surface area contributed by atoms with Gasteiger partial charge >= 0.3 is 58.9 Å². The summed E-state index contributed by atoms with van der Waals surface area (Å²) in [7, 11) is 0. The molecule has 0 spiro atoms. The molecule has 0 aliphatic rings. The molecular weight excluding hydrogens is 581 g/mol. The fraction of sp³-hybridized carbons (Fsp3) is 0. The minimum atomic E-state index is -4.47. The first-order valence-corrected chi connectivity index (χ1v) is 6.76. The van der Waals surface area contributed by atoms with E-state index in [1.165, 1.54) is 0 Å². The van der Waals surface area contributed by atoms with Gasteiger partial charge in [0.25, 0.3) is 0 Å². The molecule has 0 unspecified atom stereocenters. The molecule has 26 heavy (non-hydrogen) atoms. The van der Waals surface area contributed by atoms with Crippen LogP contribution in [0.15, 0.2) is 0 Å². The average molecular weight is 581 g/mol. The quantitative estimate of drug-likeness (QED) is 0.262. The van der Waals surface area contributed by atoms with Crippen molar-refractivity contribution in [1.82, 2.24) is 0 Å². The average Bonchev–Trinajstić information content (AvgIpc) is 2.22. The first kappa shape index (κ1) is 33.3. The van der Waals surface area contributed by atoms with Gasteiger partial charge in [0.2, 0.25) is 0 Å². The van der Waals surface area contributed by atoms with Crippen LogP contribution in [0.2, 0.25) is 0 Å². The van der Waals surface area contributed by atoms with Gasteiger partial charge in [-0.3, -0.25) is 0 Å². The Morgan fingerprint density at radius 2 is 0.423 bits per heavy atom. The van der Waals surface area contributed by atoms with Gasteiger partial charge in [0.05, 0.1) is 20.3 Å². The number of rotatable bonds is 3. The third-order valence-corrected chi connectivity index (χ3v) is 2.54. The second-order valence-corrected chi connectivity index (χ2v) is 5.51. The molecule has 25 nitrogen and oxygen atoms in total. The number of hydrogen-bond donors (Lipinski definition) is 0. The summed E-state index contributed by atoms with van der Waals surface area (Å²) in [5.41, 5.74) is 0. The Morgan fingerprint density at radius 1 is 0.346 bits per heavy atom. The van der Waals surface area contributed by atoms with E-state index in [0.29, 0.717) is 0 Å². The van der Waals surface area contributed by atoms with E-state index >= 15 is 0 Å². The van der Waals surface area contributed by atoms with Gasteiger partial charge in [0.15, 0.2) is 0 Å². The van der Waals surface area contributed by atoms with E-state index in [2.05, 4.69) is 0 Å². The van der Waals surface area contributed by atoms with Crippen LogP contribution in [-0.4, -0.2) is 30.8 Å². The van der Waals surface area contributed by atoms with Gasteiger partial charge in [-0.15, -0.1) is 0 Å². The Hall–Kier alpha value is -4.31. The summed E-state index contributed by atoms with van der Waals surface area (Å²) in [5.74, 6) is 0. The third kappa shape index (κ3) is 116. The summed E-state index contributed by atoms with van der Waals surface area (Å²) < 4.78 is -4.28. The zero-order chi connectivity index (χ0) is 22.6. The molecule has 153 valence electrons. The molecule has 0 aliphatic heterocycles. The van der Waals surface area contributed by atoms with Crippen LogP contribution < -0.4 is 0 Å². The monoisotopic (exact) mass is 581 g/mol. The van der Waals surface area contributed by atoms with E-state index in [1.54, 1.807) is 0 Å². The SMILES string of the molecule is O=[N+]([O-])[O-].O=[N+]([O-])[O-].O=[N+]([O-])[O-].O=[N+]([O-])[O-].O=[N+]([O-])[Pt+4]([N+](=O)[O-])[N+](=O)[O-]. The predicted molar refractivity (Wildman–Crippen MR) is 62.4 cm³/mol. The molecule has 0 bridgehead atoms. The molecule has 0 aliphatic carbocycles. The van der Waals surface area contributed by atoms with Gasteiger partial charge in [0.1, 0.15) is 0 Å². The van der Waals surface area contributed by atoms with Crippen molar-refractivity contribution in [3.63, 3.8) is 0 Å². The van der Waals surface area contributed by atoms with Crippen LogP contribution in [0.25, 0.3) is 0 Å². The molecule has 0 saturated heterocycles. The number of nitrogens with zero attached hydrogens (tertiary/aromatic N) is 7. The zero-order valence-corrected chi connectivity index (χ0v) is 13.1. The molecule has 0 N–H and O–H groups in total. The predicted octanol–water partition coefficient (Wildman–Crippen LogP) is -1.78. The van der Waals surface area contributed by atoms with Crippen molar-refractivity contribution in [2.75, 3.05) is 0 Å². The van der Waals surface area contributed by atoms with Crippen LogP contribution in [0, 0.1) is 91.6 Å². The summed E-state index contributed by atoms with van der Waals surface area (Å²) in [5, 5.41) is 87.7. The molecule has 0 aromatic heterocycles. The standard InChI is InChI=1S/4NO3.3NO2.Pt/c4*2-1(3)4;3*2-1-3;/q4*-1;;;;+4. The second-order valence-electron chi connectivity index (χ2n) is 1.65. The fourth-order valence-corrected chi connectivity index (χ4v) is 1.04. The Bertz CT molecular complexity index is 396. The Kier molecular flexibility index (Phi) is 26.5. The van der Waals surface area contributed by atoms with Crippen LogP contribution >= 0.6 is 0 Å². The van der Waals surface area contributed by atoms with Crippen LogP contribution in [0.5, 0.6) is 0 Å². The van der Waals surface area contributed by atoms with Crippen molar-refractivity contribution in [2.24, 2.45) is 0 Å². The van der Waals surface area contributed by atoms with Crippen molar-refractivity contribution in [3.05, 3.63) is 91.6 Å². The van der Waals surface area contributed by atoms with E-state index < -0.39 is 48.9 Å². The van der Waals surface area contributed by atoms with Gasteiger partial charge in [-0.25, -0.2) is 0 Å². The van der Waals surface area contributed by atoms with Gasteiger partial charge in [-0.1, -0.05) is 0 Å². The van der Waals surface area contributed by atoms with Crippen LogP contribution in [-0.2, 0) is 18.1 Å². The number of hydrogen-bond acceptors (Lipinski definition) is 18. The normalized spacial score (nSPS) is 7.27. The molecule has 0 radical (unpaired) electrons. The Morgan fingerprint density at radius 3 is 0.423 bits per heavy atom. The Balaban J connectivity index is -0.0000000776. The maximum absolute atomic E-state index is 9.57. The zero-order valence-electron chi connectivity index (χ0n) is 10.8. The fourth-order valence-electron chi connectivity index (χ4n) is 0.126. The van der Waals surface area contributed by atoms with Crippen molar-refractivity contribution < 1.29 is 48.9 Å². The summed E-state index contributed by atoms with van der Waals surface area (Å²) >= 11 is -4.47. The van der Waals surface area contributed by atoms with E-state index in [0.717, 1.165) is 0 Å². The first-order chi connectivity index (χ1) is 11.4. The Labute approximate surface area is 141 Å². The van der Waals surface area contributed by atoms with E-state index in [-0.39, 0.29) is 0 Å². The molecule has 0 amide bonds. The topological polar surface area (TPSA) is 394 Å². The minimum absolute atomic E-state index is 1.43. The van der Waals surface area contributed by atoms with Crippen LogP contribution in [0.4, 0.5) is 0 Å². The maximum atomic E-state index is 9.57. The van der Waals surface area contributed by atoms with Gasteiger partial charge in [-0.2, -0.15) is 0 Å². The van der Waals surface area contributed by atoms with Crippen LogP contribution in [0.3, 0.4) is 0 Å². The van der Waals surface area contributed by atoms with Crippen molar-refractivity contribution in [3.8, 4) is 0 Å². The molecule has 0 heterocycles. The second kappa shape index (κ2) is 20.7. The summed E-state index contributed by atoms with van der Waals surface area (Å²) in [6, 6.07) is 0. The summed E-state index contributed by atoms with van der Waals surface area (Å²) in [6.07, 6.45) is 0. The molecule has 0 rings (SSSR count). The molecule has 26 heteroatoms. The van der Waals surface area contributed by atoms with Gasteiger partial charge in [0, 0.05) is 0 Å². The van der Waals surface area contributed by atoms with Gasteiger partial charge < -0.3 is 61.3 Å². The molecular formula is N7O18Pt. The van der Waals surface area contributed by atoms with Crippen molar-refractivity contribution in [1.29, 1.82) is 0 Å².